The van der Waals surface area contributed by atoms with Crippen molar-refractivity contribution in [2.24, 2.45) is 0 Å². The van der Waals surface area contributed by atoms with E-state index in [4.69, 9.17) is 4.74 Å². The number of nitrogens with one attached hydrogen (secondary N) is 1. The molecular formula is C13H18F3NO2S. The van der Waals surface area contributed by atoms with Crippen molar-refractivity contribution in [1.29, 1.82) is 0 Å². The lowest BCUT2D eigenvalue weighted by Crippen LogP contribution is -2.32. The first-order chi connectivity index (χ1) is 9.37. The van der Waals surface area contributed by atoms with E-state index in [1.54, 1.807) is 12.1 Å². The number of thioether (sulfide) groups is 1. The van der Waals surface area contributed by atoms with Crippen LogP contribution in [0.1, 0.15) is 5.56 Å². The van der Waals surface area contributed by atoms with Crippen molar-refractivity contribution in [2.75, 3.05) is 25.4 Å². The predicted molar refractivity (Wildman–Crippen MR) is 74.1 cm³/mol. The molecule has 0 bridgehead atoms. The fraction of sp³-hybridized carbons (Fsp3) is 0.538. The summed E-state index contributed by atoms with van der Waals surface area (Å²) in [7, 11) is 0. The van der Waals surface area contributed by atoms with Crippen LogP contribution >= 0.6 is 11.8 Å². The minimum Gasteiger partial charge on any atom is -0.491 e. The zero-order valence-corrected chi connectivity index (χ0v) is 11.9. The summed E-state index contributed by atoms with van der Waals surface area (Å²) in [5.41, 5.74) is -3.09. The fourth-order valence-corrected chi connectivity index (χ4v) is 1.87. The van der Waals surface area contributed by atoms with E-state index in [-0.39, 0.29) is 37.2 Å². The Morgan fingerprint density at radius 3 is 2.55 bits per heavy atom. The van der Waals surface area contributed by atoms with E-state index in [0.29, 0.717) is 5.75 Å². The summed E-state index contributed by atoms with van der Waals surface area (Å²) in [6.07, 6.45) is -0.757. The smallest absolute Gasteiger partial charge is 0.441 e. The van der Waals surface area contributed by atoms with Gasteiger partial charge in [0, 0.05) is 18.8 Å². The highest BCUT2D eigenvalue weighted by Gasteiger charge is 2.27. The number of rotatable bonds is 8. The van der Waals surface area contributed by atoms with Gasteiger partial charge in [0.25, 0.3) is 0 Å². The molecule has 1 aromatic carbocycles. The molecule has 1 atom stereocenters. The highest BCUT2D eigenvalue weighted by atomic mass is 32.2. The van der Waals surface area contributed by atoms with Crippen LogP contribution in [0, 0.1) is 6.92 Å². The lowest BCUT2D eigenvalue weighted by molar-refractivity contribution is -0.0327. The van der Waals surface area contributed by atoms with Gasteiger partial charge in [-0.3, -0.25) is 0 Å². The molecule has 0 amide bonds. The summed E-state index contributed by atoms with van der Waals surface area (Å²) in [5, 5.41) is 12.4. The van der Waals surface area contributed by atoms with E-state index < -0.39 is 11.6 Å². The van der Waals surface area contributed by atoms with Crippen molar-refractivity contribution in [2.45, 2.75) is 18.5 Å². The van der Waals surface area contributed by atoms with Gasteiger partial charge in [-0.1, -0.05) is 17.7 Å². The van der Waals surface area contributed by atoms with Crippen molar-refractivity contribution in [3.63, 3.8) is 0 Å². The minimum absolute atomic E-state index is 0.0744. The largest absolute Gasteiger partial charge is 0.491 e. The molecule has 0 aliphatic heterocycles. The molecule has 114 valence electrons. The SMILES string of the molecule is Cc1ccc(OCC(O)CNCCSC(F)(F)F)cc1. The average molecular weight is 309 g/mol. The summed E-state index contributed by atoms with van der Waals surface area (Å²) in [4.78, 5) is 0. The summed E-state index contributed by atoms with van der Waals surface area (Å²) >= 11 is -0.0786. The van der Waals surface area contributed by atoms with Crippen molar-refractivity contribution in [3.05, 3.63) is 29.8 Å². The Morgan fingerprint density at radius 1 is 1.30 bits per heavy atom. The summed E-state index contributed by atoms with van der Waals surface area (Å²) < 4.78 is 40.9. The van der Waals surface area contributed by atoms with Crippen LogP contribution < -0.4 is 10.1 Å². The molecule has 3 nitrogen and oxygen atoms in total. The van der Waals surface area contributed by atoms with Crippen LogP contribution in [-0.2, 0) is 0 Å². The van der Waals surface area contributed by atoms with Crippen molar-refractivity contribution >= 4 is 11.8 Å². The number of hydrogen-bond acceptors (Lipinski definition) is 4. The molecule has 0 aromatic heterocycles. The van der Waals surface area contributed by atoms with E-state index in [1.165, 1.54) is 0 Å². The quantitative estimate of drug-likeness (QED) is 0.724. The van der Waals surface area contributed by atoms with E-state index in [2.05, 4.69) is 5.32 Å². The zero-order chi connectivity index (χ0) is 15.0. The molecule has 1 unspecified atom stereocenters. The van der Waals surface area contributed by atoms with Crippen molar-refractivity contribution in [1.82, 2.24) is 5.32 Å². The molecule has 0 saturated heterocycles. The highest BCUT2D eigenvalue weighted by molar-refractivity contribution is 8.00. The Bertz CT molecular complexity index is 384. The van der Waals surface area contributed by atoms with Gasteiger partial charge in [-0.25, -0.2) is 0 Å². The molecule has 0 fully saturated rings. The van der Waals surface area contributed by atoms with Gasteiger partial charge in [-0.05, 0) is 30.8 Å². The zero-order valence-electron chi connectivity index (χ0n) is 11.1. The first-order valence-corrected chi connectivity index (χ1v) is 7.14. The number of aryl methyl sites for hydroxylation is 1. The van der Waals surface area contributed by atoms with E-state index in [0.717, 1.165) is 5.56 Å². The van der Waals surface area contributed by atoms with Crippen LogP contribution in [-0.4, -0.2) is 42.2 Å². The van der Waals surface area contributed by atoms with E-state index in [9.17, 15) is 18.3 Å². The van der Waals surface area contributed by atoms with E-state index >= 15 is 0 Å². The topological polar surface area (TPSA) is 41.5 Å². The molecule has 1 aromatic rings. The number of ether oxygens (including phenoxy) is 1. The molecule has 0 radical (unpaired) electrons. The second-order valence-corrected chi connectivity index (χ2v) is 5.44. The standard InChI is InChI=1S/C13H18F3NO2S/c1-10-2-4-12(5-3-10)19-9-11(18)8-17-6-7-20-13(14,15)16/h2-5,11,17-18H,6-9H2,1H3. The van der Waals surface area contributed by atoms with Crippen LogP contribution in [0.4, 0.5) is 13.2 Å². The Labute approximate surface area is 120 Å². The van der Waals surface area contributed by atoms with Gasteiger partial charge >= 0.3 is 5.51 Å². The van der Waals surface area contributed by atoms with Crippen LogP contribution in [0.15, 0.2) is 24.3 Å². The molecule has 0 aliphatic rings. The second-order valence-electron chi connectivity index (χ2n) is 4.28. The van der Waals surface area contributed by atoms with Crippen molar-refractivity contribution < 1.29 is 23.0 Å². The Kier molecular flexibility index (Phi) is 7.18. The molecule has 0 aliphatic carbocycles. The van der Waals surface area contributed by atoms with Gasteiger partial charge in [0.05, 0.1) is 0 Å². The first kappa shape index (κ1) is 17.1. The second kappa shape index (κ2) is 8.39. The normalized spacial score (nSPS) is 13.2. The first-order valence-electron chi connectivity index (χ1n) is 6.16. The number of halogens is 3. The third-order valence-electron chi connectivity index (χ3n) is 2.39. The van der Waals surface area contributed by atoms with Crippen LogP contribution in [0.3, 0.4) is 0 Å². The van der Waals surface area contributed by atoms with Crippen LogP contribution in [0.5, 0.6) is 5.75 Å². The molecule has 20 heavy (non-hydrogen) atoms. The highest BCUT2D eigenvalue weighted by Crippen LogP contribution is 2.29. The number of aliphatic hydroxyl groups excluding tert-OH is 1. The molecule has 1 rings (SSSR count). The van der Waals surface area contributed by atoms with Gasteiger partial charge < -0.3 is 15.2 Å². The molecule has 7 heteroatoms. The van der Waals surface area contributed by atoms with Crippen molar-refractivity contribution in [3.8, 4) is 5.75 Å². The summed E-state index contributed by atoms with van der Waals surface area (Å²) in [6, 6.07) is 7.40. The fourth-order valence-electron chi connectivity index (χ4n) is 1.39. The minimum atomic E-state index is -4.20. The Balaban J connectivity index is 2.08. The Morgan fingerprint density at radius 2 is 1.95 bits per heavy atom. The van der Waals surface area contributed by atoms with Crippen LogP contribution in [0.25, 0.3) is 0 Å². The van der Waals surface area contributed by atoms with E-state index in [1.807, 2.05) is 19.1 Å². The maximum Gasteiger partial charge on any atom is 0.441 e. The van der Waals surface area contributed by atoms with Crippen LogP contribution in [0.2, 0.25) is 0 Å². The third kappa shape index (κ3) is 8.29. The summed E-state index contributed by atoms with van der Waals surface area (Å²) in [6.45, 7) is 2.44. The summed E-state index contributed by atoms with van der Waals surface area (Å²) in [5.74, 6) is 0.581. The maximum absolute atomic E-state index is 11.8. The predicted octanol–water partition coefficient (Wildman–Crippen LogP) is 2.58. The molecule has 2 N–H and O–H groups in total. The number of benzene rings is 1. The van der Waals surface area contributed by atoms with Gasteiger partial charge in [-0.2, -0.15) is 13.2 Å². The Hall–Kier alpha value is -0.920. The number of hydrogen-bond donors (Lipinski definition) is 2. The number of alkyl halides is 3. The van der Waals surface area contributed by atoms with Gasteiger partial charge in [-0.15, -0.1) is 0 Å². The lowest BCUT2D eigenvalue weighted by atomic mass is 10.2. The molecule has 0 spiro atoms. The van der Waals surface area contributed by atoms with Gasteiger partial charge in [0.2, 0.25) is 0 Å². The third-order valence-corrected chi connectivity index (χ3v) is 3.12. The lowest BCUT2D eigenvalue weighted by Gasteiger charge is -2.13. The monoisotopic (exact) mass is 309 g/mol. The number of aliphatic hydroxyl groups is 1. The van der Waals surface area contributed by atoms with Gasteiger partial charge in [0.15, 0.2) is 0 Å². The molecule has 0 heterocycles. The maximum atomic E-state index is 11.8. The average Bonchev–Trinajstić information content (AvgIpc) is 2.36. The molecule has 0 saturated carbocycles. The van der Waals surface area contributed by atoms with Gasteiger partial charge in [0.1, 0.15) is 18.5 Å². The molecular weight excluding hydrogens is 291 g/mol.